The zero-order chi connectivity index (χ0) is 10.8. The van der Waals surface area contributed by atoms with Gasteiger partial charge in [0.15, 0.2) is 12.6 Å². The second kappa shape index (κ2) is 4.08. The molecule has 1 fully saturated rings. The third-order valence-electron chi connectivity index (χ3n) is 2.43. The number of carbonyl (C=O) groups is 1. The summed E-state index contributed by atoms with van der Waals surface area (Å²) in [7, 11) is 0. The highest BCUT2D eigenvalue weighted by molar-refractivity contribution is 5.78. The van der Waals surface area contributed by atoms with Crippen molar-refractivity contribution in [3.05, 3.63) is 34.6 Å². The van der Waals surface area contributed by atoms with Gasteiger partial charge in [-0.3, -0.25) is 4.79 Å². The maximum absolute atomic E-state index is 13.3. The second-order valence-electron chi connectivity index (χ2n) is 3.38. The van der Waals surface area contributed by atoms with Crippen molar-refractivity contribution in [2.24, 2.45) is 0 Å². The number of aryl methyl sites for hydroxylation is 1. The molecule has 1 saturated heterocycles. The van der Waals surface area contributed by atoms with Gasteiger partial charge in [-0.15, -0.1) is 0 Å². The molecule has 1 aromatic carbocycles. The molecule has 0 aliphatic carbocycles. The van der Waals surface area contributed by atoms with Gasteiger partial charge >= 0.3 is 0 Å². The van der Waals surface area contributed by atoms with E-state index >= 15 is 0 Å². The molecule has 1 aromatic rings. The molecule has 4 heteroatoms. The fraction of sp³-hybridized carbons (Fsp3) is 0.364. The Balaban J connectivity index is 2.51. The molecular weight excluding hydrogens is 199 g/mol. The van der Waals surface area contributed by atoms with Crippen LogP contribution < -0.4 is 0 Å². The summed E-state index contributed by atoms with van der Waals surface area (Å²) in [6, 6.07) is 2.89. The molecule has 15 heavy (non-hydrogen) atoms. The van der Waals surface area contributed by atoms with E-state index in [9.17, 15) is 9.18 Å². The highest BCUT2D eigenvalue weighted by atomic mass is 19.1. The SMILES string of the molecule is Cc1ccc(F)c(C=O)c1C1OCCO1. The third kappa shape index (κ3) is 1.78. The monoisotopic (exact) mass is 210 g/mol. The Morgan fingerprint density at radius 3 is 2.67 bits per heavy atom. The molecular formula is C11H11FO3. The molecule has 2 rings (SSSR count). The molecule has 80 valence electrons. The molecule has 1 aliphatic rings. The van der Waals surface area contributed by atoms with Gasteiger partial charge in [-0.2, -0.15) is 0 Å². The van der Waals surface area contributed by atoms with Crippen molar-refractivity contribution in [1.82, 2.24) is 0 Å². The first-order chi connectivity index (χ1) is 7.24. The van der Waals surface area contributed by atoms with E-state index in [0.29, 0.717) is 25.1 Å². The van der Waals surface area contributed by atoms with Crippen molar-refractivity contribution < 1.29 is 18.7 Å². The predicted octanol–water partition coefficient (Wildman–Crippen LogP) is 1.99. The van der Waals surface area contributed by atoms with Crippen LogP contribution in [0, 0.1) is 12.7 Å². The van der Waals surface area contributed by atoms with E-state index in [4.69, 9.17) is 9.47 Å². The summed E-state index contributed by atoms with van der Waals surface area (Å²) in [5.74, 6) is -0.537. The topological polar surface area (TPSA) is 35.5 Å². The van der Waals surface area contributed by atoms with Crippen LogP contribution in [0.25, 0.3) is 0 Å². The number of halogens is 1. The quantitative estimate of drug-likeness (QED) is 0.700. The van der Waals surface area contributed by atoms with Gasteiger partial charge in [0.25, 0.3) is 0 Å². The average molecular weight is 210 g/mol. The molecule has 0 bridgehead atoms. The molecule has 0 atom stereocenters. The number of rotatable bonds is 2. The minimum Gasteiger partial charge on any atom is -0.346 e. The van der Waals surface area contributed by atoms with Crippen molar-refractivity contribution in [2.75, 3.05) is 13.2 Å². The normalized spacial score (nSPS) is 16.9. The summed E-state index contributed by atoms with van der Waals surface area (Å²) < 4.78 is 23.9. The number of benzene rings is 1. The Kier molecular flexibility index (Phi) is 2.79. The number of hydrogen-bond acceptors (Lipinski definition) is 3. The summed E-state index contributed by atoms with van der Waals surface area (Å²) in [6.07, 6.45) is -0.108. The van der Waals surface area contributed by atoms with Crippen LogP contribution in [0.1, 0.15) is 27.8 Å². The Bertz CT molecular complexity index is 384. The van der Waals surface area contributed by atoms with E-state index in [1.807, 2.05) is 0 Å². The van der Waals surface area contributed by atoms with Crippen LogP contribution in [-0.2, 0) is 9.47 Å². The lowest BCUT2D eigenvalue weighted by atomic mass is 10.0. The molecule has 0 amide bonds. The summed E-state index contributed by atoms with van der Waals surface area (Å²) in [6.45, 7) is 2.74. The highest BCUT2D eigenvalue weighted by Gasteiger charge is 2.24. The predicted molar refractivity (Wildman–Crippen MR) is 51.2 cm³/mol. The third-order valence-corrected chi connectivity index (χ3v) is 2.43. The van der Waals surface area contributed by atoms with Crippen LogP contribution in [0.4, 0.5) is 4.39 Å². The van der Waals surface area contributed by atoms with Crippen molar-refractivity contribution in [1.29, 1.82) is 0 Å². The fourth-order valence-electron chi connectivity index (χ4n) is 1.68. The number of ether oxygens (including phenoxy) is 2. The molecule has 0 spiro atoms. The van der Waals surface area contributed by atoms with Crippen molar-refractivity contribution >= 4 is 6.29 Å². The lowest BCUT2D eigenvalue weighted by Crippen LogP contribution is -2.07. The zero-order valence-corrected chi connectivity index (χ0v) is 8.33. The first kappa shape index (κ1) is 10.3. The van der Waals surface area contributed by atoms with Gasteiger partial charge in [-0.25, -0.2) is 4.39 Å². The number of aldehydes is 1. The van der Waals surface area contributed by atoms with Gasteiger partial charge < -0.3 is 9.47 Å². The molecule has 0 saturated carbocycles. The summed E-state index contributed by atoms with van der Waals surface area (Å²) >= 11 is 0. The Morgan fingerprint density at radius 1 is 1.40 bits per heavy atom. The molecule has 0 radical (unpaired) electrons. The Labute approximate surface area is 86.8 Å². The molecule has 3 nitrogen and oxygen atoms in total. The highest BCUT2D eigenvalue weighted by Crippen LogP contribution is 2.29. The van der Waals surface area contributed by atoms with Crippen LogP contribution in [0.2, 0.25) is 0 Å². The van der Waals surface area contributed by atoms with Gasteiger partial charge in [0.1, 0.15) is 5.82 Å². The van der Waals surface area contributed by atoms with E-state index < -0.39 is 12.1 Å². The Morgan fingerprint density at radius 2 is 2.07 bits per heavy atom. The van der Waals surface area contributed by atoms with E-state index in [-0.39, 0.29) is 5.56 Å². The molecule has 0 aromatic heterocycles. The van der Waals surface area contributed by atoms with Crippen molar-refractivity contribution in [3.63, 3.8) is 0 Å². The first-order valence-electron chi connectivity index (χ1n) is 4.71. The molecule has 0 unspecified atom stereocenters. The van der Waals surface area contributed by atoms with E-state index in [2.05, 4.69) is 0 Å². The molecule has 1 heterocycles. The Hall–Kier alpha value is -1.26. The lowest BCUT2D eigenvalue weighted by Gasteiger charge is -2.14. The summed E-state index contributed by atoms with van der Waals surface area (Å²) in [5, 5.41) is 0. The van der Waals surface area contributed by atoms with Crippen molar-refractivity contribution in [3.8, 4) is 0 Å². The summed E-state index contributed by atoms with van der Waals surface area (Å²) in [5.41, 5.74) is 1.33. The number of hydrogen-bond donors (Lipinski definition) is 0. The summed E-state index contributed by atoms with van der Waals surface area (Å²) in [4.78, 5) is 10.8. The van der Waals surface area contributed by atoms with Gasteiger partial charge in [0.05, 0.1) is 18.8 Å². The maximum Gasteiger partial charge on any atom is 0.185 e. The van der Waals surface area contributed by atoms with Gasteiger partial charge in [0.2, 0.25) is 0 Å². The van der Waals surface area contributed by atoms with E-state index in [1.54, 1.807) is 13.0 Å². The van der Waals surface area contributed by atoms with Crippen LogP contribution in [0.15, 0.2) is 12.1 Å². The van der Waals surface area contributed by atoms with E-state index in [0.717, 1.165) is 5.56 Å². The van der Waals surface area contributed by atoms with Crippen LogP contribution in [0.5, 0.6) is 0 Å². The minimum atomic E-state index is -0.610. The minimum absolute atomic E-state index is 0.0295. The molecule has 1 aliphatic heterocycles. The van der Waals surface area contributed by atoms with Crippen LogP contribution in [0.3, 0.4) is 0 Å². The maximum atomic E-state index is 13.3. The standard InChI is InChI=1S/C11H11FO3/c1-7-2-3-9(12)8(6-13)10(7)11-14-4-5-15-11/h2-3,6,11H,4-5H2,1H3. The fourth-order valence-corrected chi connectivity index (χ4v) is 1.68. The first-order valence-corrected chi connectivity index (χ1v) is 4.71. The van der Waals surface area contributed by atoms with Crippen molar-refractivity contribution in [2.45, 2.75) is 13.2 Å². The molecule has 0 N–H and O–H groups in total. The average Bonchev–Trinajstić information content (AvgIpc) is 2.74. The lowest BCUT2D eigenvalue weighted by molar-refractivity contribution is -0.0450. The van der Waals surface area contributed by atoms with Gasteiger partial charge in [-0.05, 0) is 18.6 Å². The largest absolute Gasteiger partial charge is 0.346 e. The van der Waals surface area contributed by atoms with E-state index in [1.165, 1.54) is 6.07 Å². The van der Waals surface area contributed by atoms with Crippen LogP contribution >= 0.6 is 0 Å². The van der Waals surface area contributed by atoms with Gasteiger partial charge in [0, 0.05) is 5.56 Å². The van der Waals surface area contributed by atoms with Gasteiger partial charge in [-0.1, -0.05) is 6.07 Å². The zero-order valence-electron chi connectivity index (χ0n) is 8.33. The smallest absolute Gasteiger partial charge is 0.185 e. The second-order valence-corrected chi connectivity index (χ2v) is 3.38. The van der Waals surface area contributed by atoms with Crippen LogP contribution in [-0.4, -0.2) is 19.5 Å². The number of carbonyl (C=O) groups excluding carboxylic acids is 1.